The third-order valence-corrected chi connectivity index (χ3v) is 2.55. The number of benzene rings is 1. The Morgan fingerprint density at radius 3 is 2.67 bits per heavy atom. The predicted octanol–water partition coefficient (Wildman–Crippen LogP) is 0.781. The van der Waals surface area contributed by atoms with E-state index in [9.17, 15) is 4.79 Å². The standard InChI is InChI=1S/C13H15N3O2/c14-9-11-1-3-12(4-2-11)18-8-7-16-10-15-6-5-13(16)17/h1-6,10H,7-9,14H2. The maximum absolute atomic E-state index is 11.4. The fourth-order valence-corrected chi connectivity index (χ4v) is 1.53. The molecular formula is C13H15N3O2. The van der Waals surface area contributed by atoms with Gasteiger partial charge in [-0.25, -0.2) is 4.98 Å². The minimum Gasteiger partial charge on any atom is -0.492 e. The normalized spacial score (nSPS) is 10.3. The highest BCUT2D eigenvalue weighted by Gasteiger charge is 1.97. The minimum atomic E-state index is -0.0768. The van der Waals surface area contributed by atoms with Crippen molar-refractivity contribution >= 4 is 0 Å². The lowest BCUT2D eigenvalue weighted by atomic mass is 10.2. The second-order valence-electron chi connectivity index (χ2n) is 3.81. The van der Waals surface area contributed by atoms with Crippen molar-refractivity contribution in [1.82, 2.24) is 9.55 Å². The molecule has 0 atom stereocenters. The molecule has 1 heterocycles. The number of hydrogen-bond acceptors (Lipinski definition) is 4. The van der Waals surface area contributed by atoms with E-state index in [1.165, 1.54) is 23.2 Å². The smallest absolute Gasteiger partial charge is 0.253 e. The van der Waals surface area contributed by atoms with Crippen LogP contribution in [0.25, 0.3) is 0 Å². The van der Waals surface area contributed by atoms with Crippen molar-refractivity contribution in [3.05, 3.63) is 58.8 Å². The Bertz CT molecular complexity index is 549. The second-order valence-corrected chi connectivity index (χ2v) is 3.81. The molecule has 5 nitrogen and oxygen atoms in total. The quantitative estimate of drug-likeness (QED) is 0.845. The van der Waals surface area contributed by atoms with Crippen molar-refractivity contribution in [2.24, 2.45) is 5.73 Å². The SMILES string of the molecule is NCc1ccc(OCCn2cnccc2=O)cc1. The van der Waals surface area contributed by atoms with Crippen LogP contribution in [0.3, 0.4) is 0 Å². The van der Waals surface area contributed by atoms with Crippen LogP contribution in [0, 0.1) is 0 Å². The molecule has 0 aliphatic heterocycles. The molecule has 0 aliphatic carbocycles. The summed E-state index contributed by atoms with van der Waals surface area (Å²) in [5.41, 5.74) is 6.49. The maximum Gasteiger partial charge on any atom is 0.253 e. The highest BCUT2D eigenvalue weighted by Crippen LogP contribution is 2.11. The molecule has 0 fully saturated rings. The zero-order valence-electron chi connectivity index (χ0n) is 9.95. The van der Waals surface area contributed by atoms with Crippen LogP contribution in [0.15, 0.2) is 47.7 Å². The Hall–Kier alpha value is -2.14. The lowest BCUT2D eigenvalue weighted by Gasteiger charge is -2.08. The maximum atomic E-state index is 11.4. The molecule has 0 unspecified atom stereocenters. The summed E-state index contributed by atoms with van der Waals surface area (Å²) in [5, 5.41) is 0. The molecule has 18 heavy (non-hydrogen) atoms. The summed E-state index contributed by atoms with van der Waals surface area (Å²) in [5.74, 6) is 0.768. The van der Waals surface area contributed by atoms with Gasteiger partial charge < -0.3 is 10.5 Å². The van der Waals surface area contributed by atoms with Gasteiger partial charge >= 0.3 is 0 Å². The first-order valence-electron chi connectivity index (χ1n) is 5.72. The van der Waals surface area contributed by atoms with Gasteiger partial charge in [0.1, 0.15) is 12.4 Å². The predicted molar refractivity (Wildman–Crippen MR) is 68.3 cm³/mol. The Morgan fingerprint density at radius 1 is 1.22 bits per heavy atom. The summed E-state index contributed by atoms with van der Waals surface area (Å²) >= 11 is 0. The minimum absolute atomic E-state index is 0.0768. The van der Waals surface area contributed by atoms with E-state index < -0.39 is 0 Å². The molecule has 2 N–H and O–H groups in total. The van der Waals surface area contributed by atoms with Crippen molar-refractivity contribution in [2.75, 3.05) is 6.61 Å². The fourth-order valence-electron chi connectivity index (χ4n) is 1.53. The molecule has 1 aromatic carbocycles. The Balaban J connectivity index is 1.88. The van der Waals surface area contributed by atoms with Gasteiger partial charge in [-0.2, -0.15) is 0 Å². The molecule has 5 heteroatoms. The Kier molecular flexibility index (Phi) is 4.09. The summed E-state index contributed by atoms with van der Waals surface area (Å²) in [6, 6.07) is 9.01. The third kappa shape index (κ3) is 3.18. The number of hydrogen-bond donors (Lipinski definition) is 1. The van der Waals surface area contributed by atoms with Gasteiger partial charge in [-0.15, -0.1) is 0 Å². The highest BCUT2D eigenvalue weighted by molar-refractivity contribution is 5.26. The van der Waals surface area contributed by atoms with Crippen LogP contribution < -0.4 is 16.0 Å². The van der Waals surface area contributed by atoms with Crippen LogP contribution in [-0.4, -0.2) is 16.2 Å². The van der Waals surface area contributed by atoms with Gasteiger partial charge in [0, 0.05) is 18.8 Å². The summed E-state index contributed by atoms with van der Waals surface area (Å²) in [4.78, 5) is 15.3. The Morgan fingerprint density at radius 2 is 2.00 bits per heavy atom. The summed E-state index contributed by atoms with van der Waals surface area (Å²) in [7, 11) is 0. The first-order valence-corrected chi connectivity index (χ1v) is 5.72. The second kappa shape index (κ2) is 5.97. The Labute approximate surface area is 105 Å². The zero-order valence-corrected chi connectivity index (χ0v) is 9.95. The van der Waals surface area contributed by atoms with Gasteiger partial charge in [0.05, 0.1) is 12.9 Å². The van der Waals surface area contributed by atoms with Gasteiger partial charge in [-0.05, 0) is 17.7 Å². The van der Waals surface area contributed by atoms with Crippen LogP contribution >= 0.6 is 0 Å². The van der Waals surface area contributed by atoms with E-state index in [4.69, 9.17) is 10.5 Å². The number of rotatable bonds is 5. The highest BCUT2D eigenvalue weighted by atomic mass is 16.5. The van der Waals surface area contributed by atoms with Crippen molar-refractivity contribution < 1.29 is 4.74 Å². The van der Waals surface area contributed by atoms with E-state index in [0.717, 1.165) is 11.3 Å². The topological polar surface area (TPSA) is 70.1 Å². The molecule has 0 bridgehead atoms. The largest absolute Gasteiger partial charge is 0.492 e. The van der Waals surface area contributed by atoms with Crippen molar-refractivity contribution in [3.63, 3.8) is 0 Å². The van der Waals surface area contributed by atoms with Crippen LogP contribution in [-0.2, 0) is 13.1 Å². The van der Waals surface area contributed by atoms with Crippen molar-refractivity contribution in [3.8, 4) is 5.75 Å². The first-order chi connectivity index (χ1) is 8.79. The van der Waals surface area contributed by atoms with E-state index in [-0.39, 0.29) is 5.56 Å². The van der Waals surface area contributed by atoms with Gasteiger partial charge in [-0.3, -0.25) is 9.36 Å². The molecular weight excluding hydrogens is 230 g/mol. The van der Waals surface area contributed by atoms with Crippen LogP contribution in [0.5, 0.6) is 5.75 Å². The van der Waals surface area contributed by atoms with Gasteiger partial charge in [-0.1, -0.05) is 12.1 Å². The van der Waals surface area contributed by atoms with Crippen LogP contribution in [0.4, 0.5) is 0 Å². The van der Waals surface area contributed by atoms with E-state index >= 15 is 0 Å². The monoisotopic (exact) mass is 245 g/mol. The van der Waals surface area contributed by atoms with Crippen LogP contribution in [0.2, 0.25) is 0 Å². The van der Waals surface area contributed by atoms with E-state index in [1.54, 1.807) is 0 Å². The summed E-state index contributed by atoms with van der Waals surface area (Å²) in [6.45, 7) is 1.42. The molecule has 2 rings (SSSR count). The molecule has 0 spiro atoms. The summed E-state index contributed by atoms with van der Waals surface area (Å²) in [6.07, 6.45) is 2.98. The molecule has 2 aromatic rings. The molecule has 0 amide bonds. The van der Waals surface area contributed by atoms with Crippen molar-refractivity contribution in [1.29, 1.82) is 0 Å². The third-order valence-electron chi connectivity index (χ3n) is 2.55. The van der Waals surface area contributed by atoms with Crippen LogP contribution in [0.1, 0.15) is 5.56 Å². The molecule has 0 radical (unpaired) electrons. The van der Waals surface area contributed by atoms with Gasteiger partial charge in [0.15, 0.2) is 0 Å². The number of nitrogens with two attached hydrogens (primary N) is 1. The summed E-state index contributed by atoms with van der Waals surface area (Å²) < 4.78 is 7.04. The molecule has 0 aliphatic rings. The average molecular weight is 245 g/mol. The molecule has 1 aromatic heterocycles. The van der Waals surface area contributed by atoms with E-state index in [2.05, 4.69) is 4.98 Å². The number of ether oxygens (including phenoxy) is 1. The van der Waals surface area contributed by atoms with E-state index in [1.807, 2.05) is 24.3 Å². The van der Waals surface area contributed by atoms with Crippen molar-refractivity contribution in [2.45, 2.75) is 13.1 Å². The first kappa shape index (κ1) is 12.3. The molecule has 94 valence electrons. The average Bonchev–Trinajstić information content (AvgIpc) is 2.42. The van der Waals surface area contributed by atoms with Gasteiger partial charge in [0.25, 0.3) is 5.56 Å². The zero-order chi connectivity index (χ0) is 12.8. The molecule has 0 saturated heterocycles. The number of aromatic nitrogens is 2. The molecule has 0 saturated carbocycles. The fraction of sp³-hybridized carbons (Fsp3) is 0.231. The van der Waals surface area contributed by atoms with Gasteiger partial charge in [0.2, 0.25) is 0 Å². The lowest BCUT2D eigenvalue weighted by molar-refractivity contribution is 0.295. The lowest BCUT2D eigenvalue weighted by Crippen LogP contribution is -2.22. The number of nitrogens with zero attached hydrogens (tertiary/aromatic N) is 2. The van der Waals surface area contributed by atoms with E-state index in [0.29, 0.717) is 19.7 Å².